The van der Waals surface area contributed by atoms with Gasteiger partial charge in [0.25, 0.3) is 0 Å². The fourth-order valence-corrected chi connectivity index (χ4v) is 1.95. The molecule has 4 heteroatoms. The van der Waals surface area contributed by atoms with Crippen LogP contribution in [0.5, 0.6) is 0 Å². The van der Waals surface area contributed by atoms with E-state index in [9.17, 15) is 4.79 Å². The molecule has 0 spiro atoms. The van der Waals surface area contributed by atoms with Crippen LogP contribution >= 0.6 is 0 Å². The lowest BCUT2D eigenvalue weighted by Crippen LogP contribution is -2.54. The van der Waals surface area contributed by atoms with Gasteiger partial charge in [0.1, 0.15) is 11.3 Å². The van der Waals surface area contributed by atoms with Crippen LogP contribution in [0.15, 0.2) is 12.7 Å². The molecule has 0 aliphatic carbocycles. The molecule has 1 atom stereocenters. The van der Waals surface area contributed by atoms with Crippen molar-refractivity contribution in [3.05, 3.63) is 12.7 Å². The van der Waals surface area contributed by atoms with Crippen LogP contribution in [0.3, 0.4) is 0 Å². The molecular formula is C13H23NO3. The summed E-state index contributed by atoms with van der Waals surface area (Å²) in [6, 6.07) is 0. The lowest BCUT2D eigenvalue weighted by Gasteiger charge is -2.38. The van der Waals surface area contributed by atoms with Gasteiger partial charge in [0.2, 0.25) is 0 Å². The van der Waals surface area contributed by atoms with Gasteiger partial charge < -0.3 is 9.47 Å². The largest absolute Gasteiger partial charge is 0.444 e. The second-order valence-corrected chi connectivity index (χ2v) is 6.11. The Morgan fingerprint density at radius 3 is 2.35 bits per heavy atom. The number of amides is 1. The Hall–Kier alpha value is -1.03. The van der Waals surface area contributed by atoms with E-state index in [2.05, 4.69) is 6.58 Å². The van der Waals surface area contributed by atoms with Gasteiger partial charge in [0.05, 0.1) is 12.1 Å². The first-order valence-electron chi connectivity index (χ1n) is 5.83. The molecule has 1 saturated heterocycles. The van der Waals surface area contributed by atoms with Crippen molar-refractivity contribution in [2.45, 2.75) is 58.4 Å². The van der Waals surface area contributed by atoms with Gasteiger partial charge in [-0.15, -0.1) is 6.58 Å². The third-order valence-corrected chi connectivity index (χ3v) is 2.78. The van der Waals surface area contributed by atoms with Crippen LogP contribution in [0.25, 0.3) is 0 Å². The molecule has 4 nitrogen and oxygen atoms in total. The molecule has 1 rings (SSSR count). The minimum atomic E-state index is -0.675. The van der Waals surface area contributed by atoms with Crippen molar-refractivity contribution in [3.8, 4) is 0 Å². The summed E-state index contributed by atoms with van der Waals surface area (Å²) in [5.74, 6) is 0. The second kappa shape index (κ2) is 4.02. The van der Waals surface area contributed by atoms with Crippen LogP contribution in [0, 0.1) is 0 Å². The zero-order valence-corrected chi connectivity index (χ0v) is 11.7. The highest BCUT2D eigenvalue weighted by Crippen LogP contribution is 2.36. The van der Waals surface area contributed by atoms with E-state index in [4.69, 9.17) is 9.47 Å². The third kappa shape index (κ3) is 2.80. The highest BCUT2D eigenvalue weighted by atomic mass is 16.6. The lowest BCUT2D eigenvalue weighted by molar-refractivity contribution is -0.0651. The molecule has 0 aromatic rings. The molecule has 1 unspecified atom stereocenters. The summed E-state index contributed by atoms with van der Waals surface area (Å²) in [5.41, 5.74) is -1.71. The number of rotatable bonds is 1. The average molecular weight is 241 g/mol. The molecule has 0 saturated carbocycles. The highest BCUT2D eigenvalue weighted by Gasteiger charge is 2.51. The molecule has 0 N–H and O–H groups in total. The predicted octanol–water partition coefficient (Wildman–Crippen LogP) is 2.93. The molecule has 0 radical (unpaired) electrons. The molecule has 98 valence electrons. The zero-order chi connectivity index (χ0) is 13.5. The van der Waals surface area contributed by atoms with Gasteiger partial charge >= 0.3 is 6.09 Å². The summed E-state index contributed by atoms with van der Waals surface area (Å²) in [6.45, 7) is 15.4. The van der Waals surface area contributed by atoms with E-state index in [-0.39, 0.29) is 6.09 Å². The summed E-state index contributed by atoms with van der Waals surface area (Å²) < 4.78 is 11.1. The maximum atomic E-state index is 12.2. The van der Waals surface area contributed by atoms with Crippen LogP contribution in [0.1, 0.15) is 41.5 Å². The van der Waals surface area contributed by atoms with Crippen molar-refractivity contribution in [3.63, 3.8) is 0 Å². The van der Waals surface area contributed by atoms with E-state index in [1.165, 1.54) is 0 Å². The topological polar surface area (TPSA) is 38.8 Å². The van der Waals surface area contributed by atoms with Gasteiger partial charge in [0.15, 0.2) is 0 Å². The Morgan fingerprint density at radius 1 is 1.41 bits per heavy atom. The minimum absolute atomic E-state index is 0.373. The van der Waals surface area contributed by atoms with Gasteiger partial charge in [-0.2, -0.15) is 0 Å². The first-order chi connectivity index (χ1) is 7.52. The van der Waals surface area contributed by atoms with E-state index < -0.39 is 16.9 Å². The maximum absolute atomic E-state index is 12.2. The van der Waals surface area contributed by atoms with Crippen molar-refractivity contribution in [2.75, 3.05) is 6.61 Å². The third-order valence-electron chi connectivity index (χ3n) is 2.78. The van der Waals surface area contributed by atoms with Gasteiger partial charge in [0, 0.05) is 0 Å². The molecule has 0 aromatic heterocycles. The van der Waals surface area contributed by atoms with E-state index in [0.717, 1.165) is 0 Å². The smallest absolute Gasteiger partial charge is 0.413 e. The standard InChI is InChI=1S/C13H23NO3/c1-8-13(7)9-16-12(5,6)14(13)10(15)17-11(2,3)4/h8H,1,9H2,2-7H3. The van der Waals surface area contributed by atoms with Crippen LogP contribution in [-0.4, -0.2) is 34.5 Å². The fraction of sp³-hybridized carbons (Fsp3) is 0.769. The Bertz CT molecular complexity index is 330. The molecule has 0 aromatic carbocycles. The molecule has 0 bridgehead atoms. The summed E-state index contributed by atoms with van der Waals surface area (Å²) >= 11 is 0. The number of hydrogen-bond acceptors (Lipinski definition) is 3. The number of carbonyl (C=O) groups excluding carboxylic acids is 1. The Kier molecular flexibility index (Phi) is 3.32. The first-order valence-corrected chi connectivity index (χ1v) is 5.83. The fourth-order valence-electron chi connectivity index (χ4n) is 1.95. The minimum Gasteiger partial charge on any atom is -0.444 e. The molecular weight excluding hydrogens is 218 g/mol. The van der Waals surface area contributed by atoms with Gasteiger partial charge in [-0.05, 0) is 41.5 Å². The van der Waals surface area contributed by atoms with Crippen molar-refractivity contribution < 1.29 is 14.3 Å². The Morgan fingerprint density at radius 2 is 1.94 bits per heavy atom. The normalized spacial score (nSPS) is 28.0. The summed E-state index contributed by atoms with van der Waals surface area (Å²) in [6.07, 6.45) is 1.36. The van der Waals surface area contributed by atoms with E-state index in [0.29, 0.717) is 6.61 Å². The SMILES string of the molecule is C=CC1(C)COC(C)(C)N1C(=O)OC(C)(C)C. The van der Waals surface area contributed by atoms with Crippen molar-refractivity contribution in [1.29, 1.82) is 0 Å². The summed E-state index contributed by atoms with van der Waals surface area (Å²) in [4.78, 5) is 13.8. The van der Waals surface area contributed by atoms with Gasteiger partial charge in [-0.3, -0.25) is 4.90 Å². The predicted molar refractivity (Wildman–Crippen MR) is 66.7 cm³/mol. The van der Waals surface area contributed by atoms with E-state index >= 15 is 0 Å². The first kappa shape index (κ1) is 14.0. The maximum Gasteiger partial charge on any atom is 0.413 e. The molecule has 1 aliphatic rings. The Balaban J connectivity index is 2.99. The highest BCUT2D eigenvalue weighted by molar-refractivity contribution is 5.71. The zero-order valence-electron chi connectivity index (χ0n) is 11.7. The average Bonchev–Trinajstić information content (AvgIpc) is 2.35. The van der Waals surface area contributed by atoms with Crippen LogP contribution in [-0.2, 0) is 9.47 Å². The van der Waals surface area contributed by atoms with Crippen LogP contribution < -0.4 is 0 Å². The van der Waals surface area contributed by atoms with Crippen molar-refractivity contribution in [2.24, 2.45) is 0 Å². The van der Waals surface area contributed by atoms with Crippen LogP contribution in [0.2, 0.25) is 0 Å². The number of nitrogens with zero attached hydrogens (tertiary/aromatic N) is 1. The molecule has 1 aliphatic heterocycles. The monoisotopic (exact) mass is 241 g/mol. The number of carbonyl (C=O) groups is 1. The second-order valence-electron chi connectivity index (χ2n) is 6.11. The Labute approximate surface area is 104 Å². The molecule has 1 fully saturated rings. The number of ether oxygens (including phenoxy) is 2. The quantitative estimate of drug-likeness (QED) is 0.662. The van der Waals surface area contributed by atoms with Gasteiger partial charge in [-0.25, -0.2) is 4.79 Å². The van der Waals surface area contributed by atoms with Crippen molar-refractivity contribution >= 4 is 6.09 Å². The number of hydrogen-bond donors (Lipinski definition) is 0. The lowest BCUT2D eigenvalue weighted by atomic mass is 10.0. The van der Waals surface area contributed by atoms with Crippen molar-refractivity contribution in [1.82, 2.24) is 4.90 Å². The van der Waals surface area contributed by atoms with Crippen LogP contribution in [0.4, 0.5) is 4.79 Å². The van der Waals surface area contributed by atoms with Gasteiger partial charge in [-0.1, -0.05) is 6.08 Å². The summed E-state index contributed by atoms with van der Waals surface area (Å²) in [7, 11) is 0. The van der Waals surface area contributed by atoms with E-state index in [1.807, 2.05) is 41.5 Å². The molecule has 1 heterocycles. The summed E-state index contributed by atoms with van der Waals surface area (Å²) in [5, 5.41) is 0. The van der Waals surface area contributed by atoms with E-state index in [1.54, 1.807) is 11.0 Å². The molecule has 1 amide bonds. The molecule has 17 heavy (non-hydrogen) atoms.